The molecule has 10 heteroatoms. The van der Waals surface area contributed by atoms with Crippen LogP contribution in [-0.2, 0) is 7.05 Å². The van der Waals surface area contributed by atoms with E-state index in [4.69, 9.17) is 11.6 Å². The summed E-state index contributed by atoms with van der Waals surface area (Å²) in [5.41, 5.74) is 2.71. The first-order valence-electron chi connectivity index (χ1n) is 9.25. The quantitative estimate of drug-likeness (QED) is 0.437. The van der Waals surface area contributed by atoms with Gasteiger partial charge in [-0.25, -0.2) is 9.48 Å². The summed E-state index contributed by atoms with van der Waals surface area (Å²) in [5, 5.41) is 16.9. The Kier molecular flexibility index (Phi) is 5.67. The highest BCUT2D eigenvalue weighted by molar-refractivity contribution is 6.33. The number of aryl methyl sites for hydroxylation is 1. The Labute approximate surface area is 182 Å². The maximum absolute atomic E-state index is 12.5. The summed E-state index contributed by atoms with van der Waals surface area (Å²) in [5.74, 6) is -0.264. The highest BCUT2D eigenvalue weighted by Gasteiger charge is 2.11. The van der Waals surface area contributed by atoms with Crippen molar-refractivity contribution in [2.24, 2.45) is 7.05 Å². The third-order valence-electron chi connectivity index (χ3n) is 4.30. The largest absolute Gasteiger partial charge is 0.323 e. The first kappa shape index (κ1) is 20.2. The molecular weight excluding hydrogens is 418 g/mol. The summed E-state index contributed by atoms with van der Waals surface area (Å²) >= 11 is 6.05. The number of nitrogens with one attached hydrogen (secondary N) is 3. The molecular formula is C21H18ClN7O2. The maximum atomic E-state index is 12.5. The highest BCUT2D eigenvalue weighted by Crippen LogP contribution is 2.21. The average Bonchev–Trinajstić information content (AvgIpc) is 3.38. The van der Waals surface area contributed by atoms with E-state index >= 15 is 0 Å². The molecule has 0 spiro atoms. The molecule has 0 radical (unpaired) electrons. The molecule has 0 saturated carbocycles. The number of urea groups is 1. The minimum absolute atomic E-state index is 0.264. The lowest BCUT2D eigenvalue weighted by Crippen LogP contribution is -2.19. The lowest BCUT2D eigenvalue weighted by molar-refractivity contribution is 0.102. The SMILES string of the molecule is Cn1cc(NC(=O)c2cccc(-n3cc(NC(=O)Nc4ccccc4Cl)cn3)c2)cn1. The van der Waals surface area contributed by atoms with Gasteiger partial charge in [0.2, 0.25) is 0 Å². The second kappa shape index (κ2) is 8.72. The summed E-state index contributed by atoms with van der Waals surface area (Å²) < 4.78 is 3.16. The molecule has 9 nitrogen and oxygen atoms in total. The lowest BCUT2D eigenvalue weighted by Gasteiger charge is -2.07. The van der Waals surface area contributed by atoms with E-state index in [2.05, 4.69) is 26.1 Å². The zero-order chi connectivity index (χ0) is 21.8. The summed E-state index contributed by atoms with van der Waals surface area (Å²) in [6, 6.07) is 13.5. The lowest BCUT2D eigenvalue weighted by atomic mass is 10.2. The molecule has 0 fully saturated rings. The first-order valence-corrected chi connectivity index (χ1v) is 9.63. The molecule has 4 aromatic rings. The van der Waals surface area contributed by atoms with E-state index in [1.54, 1.807) is 83.5 Å². The van der Waals surface area contributed by atoms with Crippen molar-refractivity contribution in [2.75, 3.05) is 16.0 Å². The minimum atomic E-state index is -0.447. The molecule has 2 aromatic heterocycles. The molecule has 0 atom stereocenters. The number of carbonyl (C=O) groups excluding carboxylic acids is 2. The number of rotatable bonds is 5. The monoisotopic (exact) mass is 435 g/mol. The Morgan fingerprint density at radius 3 is 2.45 bits per heavy atom. The second-order valence-corrected chi connectivity index (χ2v) is 7.05. The van der Waals surface area contributed by atoms with Crippen LogP contribution in [0, 0.1) is 0 Å². The van der Waals surface area contributed by atoms with E-state index in [9.17, 15) is 9.59 Å². The molecule has 0 unspecified atom stereocenters. The van der Waals surface area contributed by atoms with Crippen molar-refractivity contribution in [1.29, 1.82) is 0 Å². The molecule has 4 rings (SSSR count). The number of nitrogens with zero attached hydrogens (tertiary/aromatic N) is 4. The van der Waals surface area contributed by atoms with Gasteiger partial charge in [0.25, 0.3) is 5.91 Å². The third kappa shape index (κ3) is 4.90. The third-order valence-corrected chi connectivity index (χ3v) is 4.63. The highest BCUT2D eigenvalue weighted by atomic mass is 35.5. The minimum Gasteiger partial charge on any atom is -0.319 e. The first-order chi connectivity index (χ1) is 15.0. The van der Waals surface area contributed by atoms with Gasteiger partial charge in [0, 0.05) is 18.8 Å². The fourth-order valence-corrected chi connectivity index (χ4v) is 3.04. The van der Waals surface area contributed by atoms with Crippen molar-refractivity contribution in [1.82, 2.24) is 19.6 Å². The van der Waals surface area contributed by atoms with Crippen LogP contribution >= 0.6 is 11.6 Å². The van der Waals surface area contributed by atoms with E-state index < -0.39 is 6.03 Å². The van der Waals surface area contributed by atoms with Gasteiger partial charge in [-0.1, -0.05) is 29.8 Å². The number of halogens is 1. The summed E-state index contributed by atoms with van der Waals surface area (Å²) in [7, 11) is 1.77. The number of carbonyl (C=O) groups is 2. The van der Waals surface area contributed by atoms with Crippen molar-refractivity contribution < 1.29 is 9.59 Å². The van der Waals surface area contributed by atoms with E-state index in [1.807, 2.05) is 0 Å². The van der Waals surface area contributed by atoms with Crippen LogP contribution < -0.4 is 16.0 Å². The Balaban J connectivity index is 1.44. The van der Waals surface area contributed by atoms with Gasteiger partial charge in [-0.2, -0.15) is 10.2 Å². The van der Waals surface area contributed by atoms with Crippen LogP contribution in [0.25, 0.3) is 5.69 Å². The Morgan fingerprint density at radius 1 is 0.903 bits per heavy atom. The molecule has 3 amide bonds. The fourth-order valence-electron chi connectivity index (χ4n) is 2.85. The topological polar surface area (TPSA) is 106 Å². The second-order valence-electron chi connectivity index (χ2n) is 6.64. The van der Waals surface area contributed by atoms with Crippen LogP contribution in [0.15, 0.2) is 73.3 Å². The number of para-hydroxylation sites is 1. The van der Waals surface area contributed by atoms with Gasteiger partial charge in [0.1, 0.15) is 0 Å². The average molecular weight is 436 g/mol. The van der Waals surface area contributed by atoms with Crippen molar-refractivity contribution in [3.05, 3.63) is 83.9 Å². The van der Waals surface area contributed by atoms with Gasteiger partial charge in [0.05, 0.1) is 46.4 Å². The van der Waals surface area contributed by atoms with Crippen molar-refractivity contribution in [2.45, 2.75) is 0 Å². The predicted molar refractivity (Wildman–Crippen MR) is 119 cm³/mol. The van der Waals surface area contributed by atoms with Crippen molar-refractivity contribution >= 4 is 40.6 Å². The van der Waals surface area contributed by atoms with E-state index in [1.165, 1.54) is 6.20 Å². The number of aromatic nitrogens is 4. The molecule has 0 bridgehead atoms. The van der Waals surface area contributed by atoms with E-state index in [0.29, 0.717) is 33.3 Å². The molecule has 2 heterocycles. The molecule has 0 aliphatic heterocycles. The molecule has 0 aliphatic rings. The van der Waals surface area contributed by atoms with Crippen LogP contribution in [0.3, 0.4) is 0 Å². The molecule has 0 saturated heterocycles. The standard InChI is InChI=1S/C21H18ClN7O2/c1-28-12-15(10-23-28)25-20(30)14-5-4-6-17(9-14)29-13-16(11-24-29)26-21(31)27-19-8-3-2-7-18(19)22/h2-13H,1H3,(H,25,30)(H2,26,27,31). The van der Waals surface area contributed by atoms with Crippen LogP contribution in [0.2, 0.25) is 5.02 Å². The fraction of sp³-hybridized carbons (Fsp3) is 0.0476. The molecule has 156 valence electrons. The van der Waals surface area contributed by atoms with E-state index in [-0.39, 0.29) is 5.91 Å². The van der Waals surface area contributed by atoms with Crippen molar-refractivity contribution in [3.8, 4) is 5.69 Å². The van der Waals surface area contributed by atoms with E-state index in [0.717, 1.165) is 0 Å². The number of benzene rings is 2. The van der Waals surface area contributed by atoms with Gasteiger partial charge in [0.15, 0.2) is 0 Å². The number of anilines is 3. The Hall–Kier alpha value is -4.11. The van der Waals surface area contributed by atoms with Crippen LogP contribution in [0.1, 0.15) is 10.4 Å². The van der Waals surface area contributed by atoms with Crippen LogP contribution in [0.5, 0.6) is 0 Å². The molecule has 2 aromatic carbocycles. The van der Waals surface area contributed by atoms with Crippen LogP contribution in [0.4, 0.5) is 21.9 Å². The van der Waals surface area contributed by atoms with Gasteiger partial charge < -0.3 is 16.0 Å². The maximum Gasteiger partial charge on any atom is 0.323 e. The summed E-state index contributed by atoms with van der Waals surface area (Å²) in [4.78, 5) is 24.7. The predicted octanol–water partition coefficient (Wildman–Crippen LogP) is 4.16. The number of hydrogen-bond acceptors (Lipinski definition) is 4. The van der Waals surface area contributed by atoms with Crippen LogP contribution in [-0.4, -0.2) is 31.5 Å². The number of amides is 3. The zero-order valence-corrected chi connectivity index (χ0v) is 17.2. The zero-order valence-electron chi connectivity index (χ0n) is 16.4. The summed E-state index contributed by atoms with van der Waals surface area (Å²) in [6.45, 7) is 0. The molecule has 3 N–H and O–H groups in total. The van der Waals surface area contributed by atoms with Gasteiger partial charge in [-0.05, 0) is 30.3 Å². The molecule has 31 heavy (non-hydrogen) atoms. The Bertz CT molecular complexity index is 1250. The normalized spacial score (nSPS) is 10.5. The van der Waals surface area contributed by atoms with Gasteiger partial charge in [-0.15, -0.1) is 0 Å². The Morgan fingerprint density at radius 2 is 1.68 bits per heavy atom. The smallest absolute Gasteiger partial charge is 0.319 e. The van der Waals surface area contributed by atoms with Gasteiger partial charge >= 0.3 is 6.03 Å². The van der Waals surface area contributed by atoms with Gasteiger partial charge in [-0.3, -0.25) is 9.48 Å². The molecule has 0 aliphatic carbocycles. The van der Waals surface area contributed by atoms with Crippen molar-refractivity contribution in [3.63, 3.8) is 0 Å². The number of hydrogen-bond donors (Lipinski definition) is 3. The summed E-state index contributed by atoms with van der Waals surface area (Å²) in [6.07, 6.45) is 6.43.